The van der Waals surface area contributed by atoms with Gasteiger partial charge in [-0.05, 0) is 32.7 Å². The van der Waals surface area contributed by atoms with E-state index in [9.17, 15) is 0 Å². The molecule has 0 aliphatic heterocycles. The van der Waals surface area contributed by atoms with Crippen molar-refractivity contribution in [2.45, 2.75) is 64.5 Å². The second-order valence-electron chi connectivity index (χ2n) is 4.05. The topological polar surface area (TPSA) is 61.3 Å². The zero-order valence-corrected chi connectivity index (χ0v) is 10.2. The second-order valence-corrected chi connectivity index (χ2v) is 4.05. The highest BCUT2D eigenvalue weighted by Crippen LogP contribution is 2.09. The minimum atomic E-state index is -0.0489. The van der Waals surface area contributed by atoms with Crippen LogP contribution in [0.25, 0.3) is 0 Å². The molecule has 0 spiro atoms. The maximum absolute atomic E-state index is 5.73. The third-order valence-corrected chi connectivity index (χ3v) is 2.57. The van der Waals surface area contributed by atoms with Crippen LogP contribution in [0.15, 0.2) is 0 Å². The van der Waals surface area contributed by atoms with Gasteiger partial charge in [-0.1, -0.05) is 32.1 Å². The van der Waals surface area contributed by atoms with Crippen LogP contribution in [0.5, 0.6) is 0 Å². The molecule has 1 atom stereocenters. The third-order valence-electron chi connectivity index (χ3n) is 2.57. The number of hydrogen-bond donors (Lipinski definition) is 2. The van der Waals surface area contributed by atoms with Crippen molar-refractivity contribution in [3.8, 4) is 0 Å². The molecule has 1 unspecified atom stereocenters. The van der Waals surface area contributed by atoms with Gasteiger partial charge in [0.05, 0.1) is 0 Å². The van der Waals surface area contributed by atoms with Crippen LogP contribution in [0.2, 0.25) is 0 Å². The molecule has 0 aliphatic carbocycles. The number of rotatable bonds is 11. The molecule has 0 aromatic heterocycles. The van der Waals surface area contributed by atoms with E-state index < -0.39 is 0 Å². The van der Waals surface area contributed by atoms with Gasteiger partial charge in [-0.2, -0.15) is 0 Å². The molecule has 0 aromatic rings. The zero-order chi connectivity index (χ0) is 11.4. The van der Waals surface area contributed by atoms with Crippen LogP contribution < -0.4 is 11.5 Å². The summed E-state index contributed by atoms with van der Waals surface area (Å²) in [5, 5.41) is 0. The zero-order valence-electron chi connectivity index (χ0n) is 10.2. The van der Waals surface area contributed by atoms with E-state index in [1.807, 2.05) is 6.92 Å². The molecular formula is C12H28N2O. The van der Waals surface area contributed by atoms with Crippen LogP contribution in [0.3, 0.4) is 0 Å². The molecule has 0 amide bonds. The number of nitrogens with two attached hydrogens (primary N) is 2. The van der Waals surface area contributed by atoms with Crippen LogP contribution in [0, 0.1) is 0 Å². The van der Waals surface area contributed by atoms with Crippen molar-refractivity contribution in [2.24, 2.45) is 11.5 Å². The summed E-state index contributed by atoms with van der Waals surface area (Å²) in [4.78, 5) is 0. The van der Waals surface area contributed by atoms with Gasteiger partial charge in [0.15, 0.2) is 0 Å². The summed E-state index contributed by atoms with van der Waals surface area (Å²) in [7, 11) is 0. The van der Waals surface area contributed by atoms with Gasteiger partial charge in [-0.15, -0.1) is 0 Å². The van der Waals surface area contributed by atoms with Gasteiger partial charge in [-0.25, -0.2) is 0 Å². The van der Waals surface area contributed by atoms with Gasteiger partial charge in [0.1, 0.15) is 6.23 Å². The van der Waals surface area contributed by atoms with Crippen molar-refractivity contribution in [3.63, 3.8) is 0 Å². The molecule has 0 radical (unpaired) electrons. The Morgan fingerprint density at radius 2 is 1.47 bits per heavy atom. The molecule has 3 heteroatoms. The SMILES string of the molecule is CCOC(N)CCCCCCCCCN. The summed E-state index contributed by atoms with van der Waals surface area (Å²) >= 11 is 0. The Labute approximate surface area is 94.5 Å². The lowest BCUT2D eigenvalue weighted by molar-refractivity contribution is 0.0597. The maximum atomic E-state index is 5.73. The first-order chi connectivity index (χ1) is 7.31. The lowest BCUT2D eigenvalue weighted by Gasteiger charge is -2.10. The van der Waals surface area contributed by atoms with Crippen LogP contribution in [0.1, 0.15) is 58.3 Å². The van der Waals surface area contributed by atoms with E-state index in [0.717, 1.165) is 19.6 Å². The summed E-state index contributed by atoms with van der Waals surface area (Å²) in [6, 6.07) is 0. The predicted octanol–water partition coefficient (Wildman–Crippen LogP) is 2.39. The summed E-state index contributed by atoms with van der Waals surface area (Å²) in [6.45, 7) is 3.54. The normalized spacial score (nSPS) is 13.0. The molecule has 4 N–H and O–H groups in total. The summed E-state index contributed by atoms with van der Waals surface area (Å²) in [5.74, 6) is 0. The minimum Gasteiger partial charge on any atom is -0.364 e. The molecule has 0 bridgehead atoms. The molecule has 0 saturated carbocycles. The molecule has 0 rings (SSSR count). The molecule has 3 nitrogen and oxygen atoms in total. The van der Waals surface area contributed by atoms with E-state index in [0.29, 0.717) is 0 Å². The second kappa shape index (κ2) is 12.0. The summed E-state index contributed by atoms with van der Waals surface area (Å²) in [6.07, 6.45) is 9.87. The van der Waals surface area contributed by atoms with Crippen molar-refractivity contribution in [1.29, 1.82) is 0 Å². The van der Waals surface area contributed by atoms with E-state index in [4.69, 9.17) is 16.2 Å². The first-order valence-corrected chi connectivity index (χ1v) is 6.38. The Balaban J connectivity index is 2.98. The Bertz CT molecular complexity index is 120. The average Bonchev–Trinajstić information content (AvgIpc) is 2.22. The van der Waals surface area contributed by atoms with Crippen molar-refractivity contribution in [2.75, 3.05) is 13.2 Å². The molecule has 0 saturated heterocycles. The van der Waals surface area contributed by atoms with E-state index >= 15 is 0 Å². The highest BCUT2D eigenvalue weighted by molar-refractivity contribution is 4.51. The largest absolute Gasteiger partial charge is 0.364 e. The van der Waals surface area contributed by atoms with Crippen LogP contribution >= 0.6 is 0 Å². The van der Waals surface area contributed by atoms with Gasteiger partial charge >= 0.3 is 0 Å². The molecule has 92 valence electrons. The van der Waals surface area contributed by atoms with Gasteiger partial charge in [0.25, 0.3) is 0 Å². The number of hydrogen-bond acceptors (Lipinski definition) is 3. The minimum absolute atomic E-state index is 0.0489. The Morgan fingerprint density at radius 1 is 0.933 bits per heavy atom. The van der Waals surface area contributed by atoms with Gasteiger partial charge < -0.3 is 16.2 Å². The van der Waals surface area contributed by atoms with Crippen molar-refractivity contribution in [3.05, 3.63) is 0 Å². The molecule has 0 heterocycles. The number of ether oxygens (including phenoxy) is 1. The van der Waals surface area contributed by atoms with E-state index in [1.54, 1.807) is 0 Å². The highest BCUT2D eigenvalue weighted by atomic mass is 16.5. The lowest BCUT2D eigenvalue weighted by atomic mass is 10.1. The molecule has 0 aliphatic rings. The van der Waals surface area contributed by atoms with E-state index in [-0.39, 0.29) is 6.23 Å². The quantitative estimate of drug-likeness (QED) is 0.412. The predicted molar refractivity (Wildman–Crippen MR) is 65.6 cm³/mol. The third kappa shape index (κ3) is 11.8. The average molecular weight is 216 g/mol. The van der Waals surface area contributed by atoms with Crippen molar-refractivity contribution >= 4 is 0 Å². The Morgan fingerprint density at radius 3 is 2.00 bits per heavy atom. The van der Waals surface area contributed by atoms with Gasteiger partial charge in [0, 0.05) is 6.61 Å². The molecule has 15 heavy (non-hydrogen) atoms. The van der Waals surface area contributed by atoms with Crippen molar-refractivity contribution in [1.82, 2.24) is 0 Å². The van der Waals surface area contributed by atoms with Crippen molar-refractivity contribution < 1.29 is 4.74 Å². The Hall–Kier alpha value is -0.120. The van der Waals surface area contributed by atoms with Gasteiger partial charge in [0.2, 0.25) is 0 Å². The fraction of sp³-hybridized carbons (Fsp3) is 1.00. The van der Waals surface area contributed by atoms with E-state index in [1.165, 1.54) is 44.9 Å². The number of unbranched alkanes of at least 4 members (excludes halogenated alkanes) is 6. The smallest absolute Gasteiger partial charge is 0.105 e. The lowest BCUT2D eigenvalue weighted by Crippen LogP contribution is -2.23. The first-order valence-electron chi connectivity index (χ1n) is 6.38. The van der Waals surface area contributed by atoms with Crippen LogP contribution in [-0.2, 0) is 4.74 Å². The fourth-order valence-electron chi connectivity index (χ4n) is 1.67. The van der Waals surface area contributed by atoms with E-state index in [2.05, 4.69) is 0 Å². The summed E-state index contributed by atoms with van der Waals surface area (Å²) < 4.78 is 5.27. The van der Waals surface area contributed by atoms with Crippen LogP contribution in [0.4, 0.5) is 0 Å². The van der Waals surface area contributed by atoms with Crippen LogP contribution in [-0.4, -0.2) is 19.4 Å². The maximum Gasteiger partial charge on any atom is 0.105 e. The molecule has 0 aromatic carbocycles. The molecular weight excluding hydrogens is 188 g/mol. The molecule has 0 fully saturated rings. The first kappa shape index (κ1) is 14.9. The monoisotopic (exact) mass is 216 g/mol. The Kier molecular flexibility index (Phi) is 11.9. The fourth-order valence-corrected chi connectivity index (χ4v) is 1.67. The highest BCUT2D eigenvalue weighted by Gasteiger charge is 1.99. The standard InChI is InChI=1S/C12H28N2O/c1-2-15-12(14)10-8-6-4-3-5-7-9-11-13/h12H,2-11,13-14H2,1H3. The van der Waals surface area contributed by atoms with Gasteiger partial charge in [-0.3, -0.25) is 0 Å². The summed E-state index contributed by atoms with van der Waals surface area (Å²) in [5.41, 5.74) is 11.2.